The molecule has 2 fully saturated rings. The number of hydrogen-bond donors (Lipinski definition) is 2. The normalized spacial score (nSPS) is 26.2. The van der Waals surface area contributed by atoms with Gasteiger partial charge in [-0.15, -0.1) is 0 Å². The lowest BCUT2D eigenvalue weighted by molar-refractivity contribution is -0.140. The summed E-state index contributed by atoms with van der Waals surface area (Å²) >= 11 is 1.67. The van der Waals surface area contributed by atoms with Crippen LogP contribution in [0.3, 0.4) is 0 Å². The number of thioether (sulfide) groups is 1. The molecule has 0 aromatic heterocycles. The molecule has 0 radical (unpaired) electrons. The molecule has 1 aliphatic heterocycles. The van der Waals surface area contributed by atoms with Crippen molar-refractivity contribution in [3.05, 3.63) is 0 Å². The van der Waals surface area contributed by atoms with E-state index in [4.69, 9.17) is 9.84 Å². The summed E-state index contributed by atoms with van der Waals surface area (Å²) in [4.78, 5) is 22.2. The number of carboxylic acid groups (broad SMARTS) is 1. The maximum atomic E-state index is 11.2. The van der Waals surface area contributed by atoms with Crippen LogP contribution in [0.25, 0.3) is 0 Å². The predicted octanol–water partition coefficient (Wildman–Crippen LogP) is 2.19. The van der Waals surface area contributed by atoms with Crippen LogP contribution in [0.2, 0.25) is 0 Å². The number of carbonyl (C=O) groups excluding carboxylic acids is 1. The van der Waals surface area contributed by atoms with E-state index in [1.165, 1.54) is 26.2 Å². The van der Waals surface area contributed by atoms with Crippen LogP contribution in [0.15, 0.2) is 0 Å². The van der Waals surface area contributed by atoms with E-state index in [1.807, 2.05) is 0 Å². The van der Waals surface area contributed by atoms with Crippen molar-refractivity contribution in [3.8, 4) is 0 Å². The van der Waals surface area contributed by atoms with Crippen molar-refractivity contribution in [3.63, 3.8) is 0 Å². The highest BCUT2D eigenvalue weighted by Crippen LogP contribution is 2.41. The summed E-state index contributed by atoms with van der Waals surface area (Å²) in [5.41, 5.74) is 0.0426. The summed E-state index contributed by atoms with van der Waals surface area (Å²) in [5.74, 6) is -0.828. The van der Waals surface area contributed by atoms with Gasteiger partial charge in [0.15, 0.2) is 0 Å². The van der Waals surface area contributed by atoms with Crippen LogP contribution in [0.5, 0.6) is 0 Å². The molecule has 0 aromatic rings. The Morgan fingerprint density at radius 1 is 1.38 bits per heavy atom. The maximum Gasteiger partial charge on any atom is 0.327 e. The Morgan fingerprint density at radius 2 is 2.10 bits per heavy atom. The Balaban J connectivity index is 1.84. The quantitative estimate of drug-likeness (QED) is 0.813. The van der Waals surface area contributed by atoms with Crippen molar-refractivity contribution in [1.29, 1.82) is 0 Å². The average Bonchev–Trinajstić information content (AvgIpc) is 2.44. The molecular formula is C15H25NO4S. The number of rotatable bonds is 5. The van der Waals surface area contributed by atoms with E-state index in [1.54, 1.807) is 11.8 Å². The molecular weight excluding hydrogens is 290 g/mol. The van der Waals surface area contributed by atoms with Gasteiger partial charge >= 0.3 is 5.97 Å². The van der Waals surface area contributed by atoms with E-state index < -0.39 is 12.0 Å². The molecule has 2 aliphatic rings. The largest absolute Gasteiger partial charge is 0.480 e. The second-order valence-corrected chi connectivity index (χ2v) is 7.46. The lowest BCUT2D eigenvalue weighted by Crippen LogP contribution is -2.44. The Hall–Kier alpha value is -0.750. The maximum absolute atomic E-state index is 11.2. The topological polar surface area (TPSA) is 75.6 Å². The second kappa shape index (κ2) is 7.49. The highest BCUT2D eigenvalue weighted by molar-refractivity contribution is 8.00. The zero-order chi connectivity index (χ0) is 15.3. The van der Waals surface area contributed by atoms with Crippen LogP contribution >= 0.6 is 11.8 Å². The van der Waals surface area contributed by atoms with E-state index in [9.17, 15) is 9.59 Å². The first-order chi connectivity index (χ1) is 10.0. The van der Waals surface area contributed by atoms with E-state index in [0.29, 0.717) is 11.0 Å². The SMILES string of the molecule is CC(=O)N[C@@H](CSC1CCOC2(CCCCC2)C1)C(=O)O. The molecule has 1 saturated heterocycles. The minimum Gasteiger partial charge on any atom is -0.480 e. The van der Waals surface area contributed by atoms with Crippen molar-refractivity contribution in [1.82, 2.24) is 5.32 Å². The highest BCUT2D eigenvalue weighted by atomic mass is 32.2. The van der Waals surface area contributed by atoms with E-state index in [0.717, 1.165) is 32.3 Å². The fourth-order valence-electron chi connectivity index (χ4n) is 3.32. The average molecular weight is 315 g/mol. The molecule has 1 heterocycles. The molecule has 1 amide bonds. The Kier molecular flexibility index (Phi) is 5.93. The number of nitrogens with one attached hydrogen (secondary N) is 1. The minimum absolute atomic E-state index is 0.0426. The van der Waals surface area contributed by atoms with Crippen molar-refractivity contribution >= 4 is 23.6 Å². The predicted molar refractivity (Wildman–Crippen MR) is 82.5 cm³/mol. The first kappa shape index (κ1) is 16.6. The summed E-state index contributed by atoms with van der Waals surface area (Å²) in [5, 5.41) is 12.1. The first-order valence-electron chi connectivity index (χ1n) is 7.76. The van der Waals surface area contributed by atoms with E-state index in [2.05, 4.69) is 5.32 Å². The van der Waals surface area contributed by atoms with Crippen LogP contribution in [0.1, 0.15) is 51.9 Å². The van der Waals surface area contributed by atoms with Gasteiger partial charge in [0.25, 0.3) is 0 Å². The van der Waals surface area contributed by atoms with Crippen LogP contribution in [-0.4, -0.2) is 46.2 Å². The third kappa shape index (κ3) is 4.88. The number of amides is 1. The van der Waals surface area contributed by atoms with Crippen LogP contribution in [0, 0.1) is 0 Å². The molecule has 1 unspecified atom stereocenters. The molecule has 6 heteroatoms. The molecule has 0 bridgehead atoms. The molecule has 5 nitrogen and oxygen atoms in total. The molecule has 1 aliphatic carbocycles. The van der Waals surface area contributed by atoms with Gasteiger partial charge in [-0.2, -0.15) is 11.8 Å². The molecule has 2 rings (SSSR count). The van der Waals surface area contributed by atoms with Gasteiger partial charge in [-0.1, -0.05) is 19.3 Å². The van der Waals surface area contributed by atoms with Gasteiger partial charge in [0.05, 0.1) is 5.60 Å². The molecule has 120 valence electrons. The van der Waals surface area contributed by atoms with Crippen LogP contribution in [0.4, 0.5) is 0 Å². The fourth-order valence-corrected chi connectivity index (χ4v) is 4.70. The van der Waals surface area contributed by atoms with Crippen molar-refractivity contribution in [2.45, 2.75) is 68.8 Å². The number of carbonyl (C=O) groups is 2. The van der Waals surface area contributed by atoms with Gasteiger partial charge in [0, 0.05) is 24.5 Å². The second-order valence-electron chi connectivity index (χ2n) is 6.13. The highest BCUT2D eigenvalue weighted by Gasteiger charge is 2.38. The Bertz CT molecular complexity index is 376. The zero-order valence-corrected chi connectivity index (χ0v) is 13.4. The van der Waals surface area contributed by atoms with Gasteiger partial charge < -0.3 is 15.2 Å². The monoisotopic (exact) mass is 315 g/mol. The smallest absolute Gasteiger partial charge is 0.327 e. The standard InChI is InChI=1S/C15H25NO4S/c1-11(17)16-13(14(18)19)10-21-12-5-8-20-15(9-12)6-3-2-4-7-15/h12-13H,2-10H2,1H3,(H,16,17)(H,18,19)/t12?,13-/m0/s1. The third-order valence-electron chi connectivity index (χ3n) is 4.39. The number of ether oxygens (including phenoxy) is 1. The third-order valence-corrected chi connectivity index (χ3v) is 5.79. The minimum atomic E-state index is -0.961. The molecule has 21 heavy (non-hydrogen) atoms. The van der Waals surface area contributed by atoms with Gasteiger partial charge in [-0.3, -0.25) is 4.79 Å². The Labute approximate surface area is 130 Å². The van der Waals surface area contributed by atoms with E-state index >= 15 is 0 Å². The number of aliphatic carboxylic acids is 1. The molecule has 2 N–H and O–H groups in total. The Morgan fingerprint density at radius 3 is 2.71 bits per heavy atom. The van der Waals surface area contributed by atoms with Gasteiger partial charge in [-0.05, 0) is 25.7 Å². The van der Waals surface area contributed by atoms with Crippen LogP contribution in [-0.2, 0) is 14.3 Å². The molecule has 0 aromatic carbocycles. The summed E-state index contributed by atoms with van der Waals surface area (Å²) in [6.45, 7) is 2.13. The van der Waals surface area contributed by atoms with Gasteiger partial charge in [-0.25, -0.2) is 4.79 Å². The van der Waals surface area contributed by atoms with Gasteiger partial charge in [0.1, 0.15) is 6.04 Å². The molecule has 2 atom stereocenters. The zero-order valence-electron chi connectivity index (χ0n) is 12.6. The van der Waals surface area contributed by atoms with E-state index in [-0.39, 0.29) is 11.5 Å². The molecule has 1 saturated carbocycles. The first-order valence-corrected chi connectivity index (χ1v) is 8.81. The lowest BCUT2D eigenvalue weighted by atomic mass is 9.80. The lowest BCUT2D eigenvalue weighted by Gasteiger charge is -2.43. The molecule has 1 spiro atoms. The van der Waals surface area contributed by atoms with Crippen molar-refractivity contribution in [2.24, 2.45) is 0 Å². The summed E-state index contributed by atoms with van der Waals surface area (Å²) in [7, 11) is 0. The van der Waals surface area contributed by atoms with Crippen molar-refractivity contribution in [2.75, 3.05) is 12.4 Å². The summed E-state index contributed by atoms with van der Waals surface area (Å²) in [6.07, 6.45) is 8.04. The van der Waals surface area contributed by atoms with Gasteiger partial charge in [0.2, 0.25) is 5.91 Å². The van der Waals surface area contributed by atoms with Crippen molar-refractivity contribution < 1.29 is 19.4 Å². The number of hydrogen-bond acceptors (Lipinski definition) is 4. The fraction of sp³-hybridized carbons (Fsp3) is 0.867. The summed E-state index contributed by atoms with van der Waals surface area (Å²) < 4.78 is 6.06. The van der Waals surface area contributed by atoms with Crippen LogP contribution < -0.4 is 5.32 Å². The summed E-state index contributed by atoms with van der Waals surface area (Å²) in [6, 6.07) is -0.794. The number of carboxylic acids is 1.